The highest BCUT2D eigenvalue weighted by molar-refractivity contribution is 6.29. The molecule has 18 heavy (non-hydrogen) atoms. The minimum atomic E-state index is -0.301. The van der Waals surface area contributed by atoms with E-state index in [1.54, 1.807) is 12.1 Å². The third-order valence-electron chi connectivity index (χ3n) is 2.55. The second-order valence-electron chi connectivity index (χ2n) is 4.00. The highest BCUT2D eigenvalue weighted by Gasteiger charge is 2.10. The van der Waals surface area contributed by atoms with E-state index < -0.39 is 0 Å². The summed E-state index contributed by atoms with van der Waals surface area (Å²) in [5.41, 5.74) is 2.00. The Morgan fingerprint density at radius 3 is 2.50 bits per heavy atom. The molecule has 0 saturated carbocycles. The maximum atomic E-state index is 11.8. The monoisotopic (exact) mass is 263 g/mol. The van der Waals surface area contributed by atoms with Crippen molar-refractivity contribution in [1.29, 1.82) is 0 Å². The van der Waals surface area contributed by atoms with Crippen LogP contribution < -0.4 is 5.32 Å². The summed E-state index contributed by atoms with van der Waals surface area (Å²) in [7, 11) is 0. The van der Waals surface area contributed by atoms with Gasteiger partial charge in [0, 0.05) is 5.69 Å². The van der Waals surface area contributed by atoms with Gasteiger partial charge >= 0.3 is 0 Å². The number of anilines is 1. The smallest absolute Gasteiger partial charge is 0.291 e. The Hall–Kier alpha value is -1.74. The number of carbonyl (C=O) groups excluding carboxylic acids is 1. The summed E-state index contributed by atoms with van der Waals surface area (Å²) in [6, 6.07) is 10.9. The van der Waals surface area contributed by atoms with Crippen molar-refractivity contribution in [2.75, 3.05) is 5.32 Å². The summed E-state index contributed by atoms with van der Waals surface area (Å²) in [6.45, 7) is 2.14. The van der Waals surface area contributed by atoms with Gasteiger partial charge in [-0.3, -0.25) is 4.79 Å². The number of benzene rings is 1. The van der Waals surface area contributed by atoms with Crippen LogP contribution in [-0.2, 0) is 6.42 Å². The Labute approximate surface area is 111 Å². The van der Waals surface area contributed by atoms with Gasteiger partial charge in [0.25, 0.3) is 5.91 Å². The van der Waals surface area contributed by atoms with Gasteiger partial charge in [0.2, 0.25) is 0 Å². The van der Waals surface area contributed by atoms with E-state index in [0.717, 1.165) is 18.5 Å². The largest absolute Gasteiger partial charge is 0.440 e. The predicted molar refractivity (Wildman–Crippen MR) is 72.1 cm³/mol. The van der Waals surface area contributed by atoms with E-state index in [1.807, 2.05) is 24.3 Å². The molecule has 1 heterocycles. The molecule has 3 nitrogen and oxygen atoms in total. The second-order valence-corrected chi connectivity index (χ2v) is 4.38. The minimum Gasteiger partial charge on any atom is -0.440 e. The molecule has 0 spiro atoms. The van der Waals surface area contributed by atoms with E-state index in [4.69, 9.17) is 16.0 Å². The van der Waals surface area contributed by atoms with Crippen LogP contribution in [0.3, 0.4) is 0 Å². The van der Waals surface area contributed by atoms with E-state index in [0.29, 0.717) is 0 Å². The normalized spacial score (nSPS) is 10.3. The lowest BCUT2D eigenvalue weighted by atomic mass is 10.1. The first kappa shape index (κ1) is 12.7. The van der Waals surface area contributed by atoms with Crippen LogP contribution in [0.4, 0.5) is 5.69 Å². The predicted octanol–water partition coefficient (Wildman–Crippen LogP) is 4.14. The van der Waals surface area contributed by atoms with Crippen molar-refractivity contribution in [3.63, 3.8) is 0 Å². The van der Waals surface area contributed by atoms with Crippen LogP contribution >= 0.6 is 11.6 Å². The number of halogens is 1. The van der Waals surface area contributed by atoms with Crippen LogP contribution in [0.2, 0.25) is 5.22 Å². The highest BCUT2D eigenvalue weighted by atomic mass is 35.5. The van der Waals surface area contributed by atoms with Crippen molar-refractivity contribution in [3.8, 4) is 0 Å². The third-order valence-corrected chi connectivity index (χ3v) is 2.75. The van der Waals surface area contributed by atoms with Crippen molar-refractivity contribution in [2.24, 2.45) is 0 Å². The van der Waals surface area contributed by atoms with Gasteiger partial charge < -0.3 is 9.73 Å². The molecular weight excluding hydrogens is 250 g/mol. The molecule has 0 bridgehead atoms. The number of amides is 1. The number of carbonyl (C=O) groups is 1. The summed E-state index contributed by atoms with van der Waals surface area (Å²) in [5.74, 6) is -0.0947. The van der Waals surface area contributed by atoms with E-state index in [-0.39, 0.29) is 16.9 Å². The van der Waals surface area contributed by atoms with E-state index in [9.17, 15) is 4.79 Å². The number of nitrogens with one attached hydrogen (secondary N) is 1. The quantitative estimate of drug-likeness (QED) is 0.901. The van der Waals surface area contributed by atoms with Gasteiger partial charge in [-0.1, -0.05) is 25.5 Å². The van der Waals surface area contributed by atoms with Crippen LogP contribution in [-0.4, -0.2) is 5.91 Å². The molecular formula is C14H14ClNO2. The standard InChI is InChI=1S/C14H14ClNO2/c1-2-3-10-4-6-11(7-5-10)16-14(17)12-8-9-13(15)18-12/h4-9H,2-3H2,1H3,(H,16,17). The average molecular weight is 264 g/mol. The summed E-state index contributed by atoms with van der Waals surface area (Å²) in [4.78, 5) is 11.8. The molecule has 94 valence electrons. The van der Waals surface area contributed by atoms with Crippen molar-refractivity contribution in [3.05, 3.63) is 52.9 Å². The molecule has 2 aromatic rings. The lowest BCUT2D eigenvalue weighted by molar-refractivity contribution is 0.0997. The van der Waals surface area contributed by atoms with Gasteiger partial charge in [-0.05, 0) is 47.9 Å². The van der Waals surface area contributed by atoms with E-state index >= 15 is 0 Å². The Morgan fingerprint density at radius 2 is 1.94 bits per heavy atom. The molecule has 0 aliphatic heterocycles. The first-order chi connectivity index (χ1) is 8.69. The molecule has 0 radical (unpaired) electrons. The number of hydrogen-bond donors (Lipinski definition) is 1. The second kappa shape index (κ2) is 5.74. The molecule has 4 heteroatoms. The molecule has 0 unspecified atom stereocenters. The Kier molecular flexibility index (Phi) is 4.05. The molecule has 0 aliphatic carbocycles. The summed E-state index contributed by atoms with van der Waals surface area (Å²) in [6.07, 6.45) is 2.15. The van der Waals surface area contributed by atoms with Crippen molar-refractivity contribution < 1.29 is 9.21 Å². The molecule has 1 aromatic heterocycles. The fourth-order valence-corrected chi connectivity index (χ4v) is 1.82. The molecule has 0 saturated heterocycles. The van der Waals surface area contributed by atoms with E-state index in [1.165, 1.54) is 5.56 Å². The zero-order valence-corrected chi connectivity index (χ0v) is 10.8. The maximum absolute atomic E-state index is 11.8. The van der Waals surface area contributed by atoms with Gasteiger partial charge in [0.05, 0.1) is 0 Å². The van der Waals surface area contributed by atoms with Crippen LogP contribution in [0.5, 0.6) is 0 Å². The molecule has 2 rings (SSSR count). The van der Waals surface area contributed by atoms with Crippen LogP contribution in [0, 0.1) is 0 Å². The SMILES string of the molecule is CCCc1ccc(NC(=O)c2ccc(Cl)o2)cc1. The van der Waals surface area contributed by atoms with Gasteiger partial charge in [0.1, 0.15) is 0 Å². The number of hydrogen-bond acceptors (Lipinski definition) is 2. The Bertz CT molecular complexity index is 531. The molecule has 0 aliphatic rings. The maximum Gasteiger partial charge on any atom is 0.291 e. The van der Waals surface area contributed by atoms with Crippen LogP contribution in [0.25, 0.3) is 0 Å². The summed E-state index contributed by atoms with van der Waals surface area (Å²) >= 11 is 5.62. The molecule has 0 fully saturated rings. The summed E-state index contributed by atoms with van der Waals surface area (Å²) in [5, 5.41) is 2.96. The fourth-order valence-electron chi connectivity index (χ4n) is 1.67. The molecule has 1 aromatic carbocycles. The zero-order chi connectivity index (χ0) is 13.0. The average Bonchev–Trinajstić information content (AvgIpc) is 2.79. The molecule has 1 amide bonds. The lowest BCUT2D eigenvalue weighted by Crippen LogP contribution is -2.10. The van der Waals surface area contributed by atoms with Crippen molar-refractivity contribution in [2.45, 2.75) is 19.8 Å². The molecule has 0 atom stereocenters. The minimum absolute atomic E-state index is 0.206. The van der Waals surface area contributed by atoms with Gasteiger partial charge in [0.15, 0.2) is 11.0 Å². The van der Waals surface area contributed by atoms with Crippen LogP contribution in [0.15, 0.2) is 40.8 Å². The Morgan fingerprint density at radius 1 is 1.22 bits per heavy atom. The first-order valence-electron chi connectivity index (χ1n) is 5.84. The first-order valence-corrected chi connectivity index (χ1v) is 6.22. The Balaban J connectivity index is 2.03. The highest BCUT2D eigenvalue weighted by Crippen LogP contribution is 2.16. The number of aryl methyl sites for hydroxylation is 1. The van der Waals surface area contributed by atoms with Gasteiger partial charge in [-0.15, -0.1) is 0 Å². The number of furan rings is 1. The van der Waals surface area contributed by atoms with E-state index in [2.05, 4.69) is 12.2 Å². The lowest BCUT2D eigenvalue weighted by Gasteiger charge is -2.04. The zero-order valence-electron chi connectivity index (χ0n) is 10.1. The topological polar surface area (TPSA) is 42.2 Å². The fraction of sp³-hybridized carbons (Fsp3) is 0.214. The van der Waals surface area contributed by atoms with Gasteiger partial charge in [-0.2, -0.15) is 0 Å². The third kappa shape index (κ3) is 3.14. The number of rotatable bonds is 4. The molecule has 1 N–H and O–H groups in total. The van der Waals surface area contributed by atoms with Crippen molar-refractivity contribution in [1.82, 2.24) is 0 Å². The summed E-state index contributed by atoms with van der Waals surface area (Å²) < 4.78 is 5.03. The van der Waals surface area contributed by atoms with Crippen LogP contribution in [0.1, 0.15) is 29.5 Å². The van der Waals surface area contributed by atoms with Crippen molar-refractivity contribution >= 4 is 23.2 Å². The van der Waals surface area contributed by atoms with Gasteiger partial charge in [-0.25, -0.2) is 0 Å².